The summed E-state index contributed by atoms with van der Waals surface area (Å²) in [5.41, 5.74) is 2.68. The lowest BCUT2D eigenvalue weighted by molar-refractivity contribution is 0.415. The quantitative estimate of drug-likeness (QED) is 0.497. The van der Waals surface area contributed by atoms with Crippen molar-refractivity contribution in [1.82, 2.24) is 9.55 Å². The highest BCUT2D eigenvalue weighted by atomic mass is 32.2. The molecule has 0 fully saturated rings. The SMILES string of the molecule is CCCn1c(SCC2CN=C(c3ccc(OC)cc3)S2)nc2cc(S(N)(=O)=O)ccc21. The van der Waals surface area contributed by atoms with Crippen molar-refractivity contribution in [3.63, 3.8) is 0 Å². The monoisotopic (exact) mass is 476 g/mol. The average molecular weight is 477 g/mol. The van der Waals surface area contributed by atoms with Crippen LogP contribution in [-0.4, -0.2) is 47.7 Å². The first kappa shape index (κ1) is 22.2. The van der Waals surface area contributed by atoms with Crippen molar-refractivity contribution in [2.75, 3.05) is 19.4 Å². The number of fused-ring (bicyclic) bond motifs is 1. The van der Waals surface area contributed by atoms with Gasteiger partial charge < -0.3 is 9.30 Å². The van der Waals surface area contributed by atoms with Crippen molar-refractivity contribution >= 4 is 49.6 Å². The van der Waals surface area contributed by atoms with E-state index in [9.17, 15) is 8.42 Å². The van der Waals surface area contributed by atoms with Gasteiger partial charge in [0, 0.05) is 23.1 Å². The maximum atomic E-state index is 11.7. The molecule has 1 unspecified atom stereocenters. The molecule has 0 saturated carbocycles. The molecule has 0 spiro atoms. The minimum absolute atomic E-state index is 0.0848. The highest BCUT2D eigenvalue weighted by Crippen LogP contribution is 2.32. The first-order valence-corrected chi connectivity index (χ1v) is 13.3. The number of sulfonamides is 1. The topological polar surface area (TPSA) is 99.6 Å². The number of aromatic nitrogens is 2. The van der Waals surface area contributed by atoms with Crippen LogP contribution in [0, 0.1) is 0 Å². The zero-order chi connectivity index (χ0) is 22.0. The van der Waals surface area contributed by atoms with Crippen LogP contribution < -0.4 is 9.88 Å². The molecular weight excluding hydrogens is 452 g/mol. The number of thioether (sulfide) groups is 2. The van der Waals surface area contributed by atoms with Crippen LogP contribution in [0.5, 0.6) is 5.75 Å². The average Bonchev–Trinajstić information content (AvgIpc) is 3.36. The molecule has 2 N–H and O–H groups in total. The Morgan fingerprint density at radius 3 is 2.71 bits per heavy atom. The molecule has 2 aromatic carbocycles. The lowest BCUT2D eigenvalue weighted by atomic mass is 10.2. The minimum Gasteiger partial charge on any atom is -0.497 e. The Balaban J connectivity index is 1.47. The van der Waals surface area contributed by atoms with Gasteiger partial charge in [0.1, 0.15) is 5.75 Å². The van der Waals surface area contributed by atoms with E-state index in [1.165, 1.54) is 0 Å². The number of ether oxygens (including phenoxy) is 1. The van der Waals surface area contributed by atoms with Gasteiger partial charge in [-0.05, 0) is 48.9 Å². The fourth-order valence-electron chi connectivity index (χ4n) is 3.38. The molecule has 0 saturated heterocycles. The largest absolute Gasteiger partial charge is 0.497 e. The molecule has 0 amide bonds. The number of nitrogens with two attached hydrogens (primary N) is 1. The van der Waals surface area contributed by atoms with Crippen molar-refractivity contribution in [2.45, 2.75) is 35.2 Å². The Hall–Kier alpha value is -2.01. The number of aliphatic imine (C=N–C) groups is 1. The zero-order valence-electron chi connectivity index (χ0n) is 17.3. The summed E-state index contributed by atoms with van der Waals surface area (Å²) in [5.74, 6) is 1.70. The van der Waals surface area contributed by atoms with Gasteiger partial charge in [-0.15, -0.1) is 11.8 Å². The second kappa shape index (κ2) is 9.23. The van der Waals surface area contributed by atoms with Gasteiger partial charge in [-0.2, -0.15) is 0 Å². The second-order valence-electron chi connectivity index (χ2n) is 7.17. The van der Waals surface area contributed by atoms with E-state index in [1.54, 1.807) is 48.8 Å². The fraction of sp³-hybridized carbons (Fsp3) is 0.333. The van der Waals surface area contributed by atoms with Crippen LogP contribution in [-0.2, 0) is 16.6 Å². The summed E-state index contributed by atoms with van der Waals surface area (Å²) < 4.78 is 30.8. The molecule has 10 heteroatoms. The van der Waals surface area contributed by atoms with E-state index in [2.05, 4.69) is 11.5 Å². The van der Waals surface area contributed by atoms with Gasteiger partial charge in [0.2, 0.25) is 10.0 Å². The van der Waals surface area contributed by atoms with Gasteiger partial charge >= 0.3 is 0 Å². The molecule has 1 aromatic heterocycles. The van der Waals surface area contributed by atoms with Crippen LogP contribution in [0.4, 0.5) is 0 Å². The van der Waals surface area contributed by atoms with Crippen LogP contribution in [0.3, 0.4) is 0 Å². The van der Waals surface area contributed by atoms with Gasteiger partial charge in [0.15, 0.2) is 5.16 Å². The van der Waals surface area contributed by atoms with Crippen molar-refractivity contribution in [3.05, 3.63) is 48.0 Å². The number of hydrogen-bond donors (Lipinski definition) is 1. The smallest absolute Gasteiger partial charge is 0.238 e. The molecule has 3 aromatic rings. The Morgan fingerprint density at radius 2 is 2.03 bits per heavy atom. The van der Waals surface area contributed by atoms with Crippen LogP contribution >= 0.6 is 23.5 Å². The van der Waals surface area contributed by atoms with Crippen LogP contribution in [0.1, 0.15) is 18.9 Å². The number of hydrogen-bond acceptors (Lipinski definition) is 7. The highest BCUT2D eigenvalue weighted by molar-refractivity contribution is 8.16. The summed E-state index contributed by atoms with van der Waals surface area (Å²) in [4.78, 5) is 9.51. The maximum Gasteiger partial charge on any atom is 0.238 e. The normalized spacial score (nSPS) is 16.6. The number of nitrogens with zero attached hydrogens (tertiary/aromatic N) is 3. The summed E-state index contributed by atoms with van der Waals surface area (Å²) in [5, 5.41) is 7.58. The van der Waals surface area contributed by atoms with Crippen LogP contribution in [0.15, 0.2) is 57.5 Å². The van der Waals surface area contributed by atoms with Crippen molar-refractivity contribution < 1.29 is 13.2 Å². The van der Waals surface area contributed by atoms with Gasteiger partial charge in [-0.25, -0.2) is 18.5 Å². The number of primary sulfonamides is 1. The zero-order valence-corrected chi connectivity index (χ0v) is 19.8. The lowest BCUT2D eigenvalue weighted by Gasteiger charge is -2.10. The van der Waals surface area contributed by atoms with Crippen molar-refractivity contribution in [1.29, 1.82) is 0 Å². The first-order chi connectivity index (χ1) is 14.9. The predicted octanol–water partition coefficient (Wildman–Crippen LogP) is 3.76. The Labute approximate surface area is 190 Å². The third kappa shape index (κ3) is 4.92. The third-order valence-electron chi connectivity index (χ3n) is 4.91. The Morgan fingerprint density at radius 1 is 1.26 bits per heavy atom. The number of rotatable bonds is 8. The molecule has 2 heterocycles. The summed E-state index contributed by atoms with van der Waals surface area (Å²) in [7, 11) is -2.10. The molecule has 0 aliphatic carbocycles. The van der Waals surface area contributed by atoms with E-state index in [0.29, 0.717) is 10.8 Å². The molecule has 1 atom stereocenters. The molecule has 7 nitrogen and oxygen atoms in total. The third-order valence-corrected chi connectivity index (χ3v) is 8.41. The second-order valence-corrected chi connectivity index (χ2v) is 11.0. The van der Waals surface area contributed by atoms with Gasteiger partial charge in [-0.1, -0.05) is 18.7 Å². The number of benzene rings is 2. The standard InChI is InChI=1S/C21H24N4O3S3/c1-3-10-25-19-9-8-17(31(22,26)27)11-18(19)24-21(25)29-13-16-12-23-20(30-16)14-4-6-15(28-2)7-5-14/h4-9,11,16H,3,10,12-13H2,1-2H3,(H2,22,26,27). The molecule has 4 rings (SSSR count). The van der Waals surface area contributed by atoms with E-state index in [4.69, 9.17) is 19.9 Å². The van der Waals surface area contributed by atoms with E-state index in [0.717, 1.165) is 52.3 Å². The van der Waals surface area contributed by atoms with Crippen LogP contribution in [0.2, 0.25) is 0 Å². The van der Waals surface area contributed by atoms with E-state index in [-0.39, 0.29) is 4.90 Å². The molecule has 1 aliphatic rings. The van der Waals surface area contributed by atoms with Gasteiger partial charge in [0.25, 0.3) is 0 Å². The summed E-state index contributed by atoms with van der Waals surface area (Å²) in [6.07, 6.45) is 0.957. The molecule has 1 aliphatic heterocycles. The number of aryl methyl sites for hydroxylation is 1. The van der Waals surface area contributed by atoms with Gasteiger partial charge in [-0.3, -0.25) is 4.99 Å². The fourth-order valence-corrected chi connectivity index (χ4v) is 6.22. The summed E-state index contributed by atoms with van der Waals surface area (Å²) >= 11 is 3.47. The Bertz CT molecular complexity index is 1220. The molecule has 31 heavy (non-hydrogen) atoms. The highest BCUT2D eigenvalue weighted by Gasteiger charge is 2.22. The summed E-state index contributed by atoms with van der Waals surface area (Å²) in [6.45, 7) is 3.70. The van der Waals surface area contributed by atoms with Crippen molar-refractivity contribution in [3.8, 4) is 5.75 Å². The van der Waals surface area contributed by atoms with E-state index >= 15 is 0 Å². The first-order valence-electron chi connectivity index (χ1n) is 9.90. The summed E-state index contributed by atoms with van der Waals surface area (Å²) in [6, 6.07) is 12.8. The predicted molar refractivity (Wildman–Crippen MR) is 128 cm³/mol. The molecule has 0 radical (unpaired) electrons. The molecule has 164 valence electrons. The van der Waals surface area contributed by atoms with Crippen LogP contribution in [0.25, 0.3) is 11.0 Å². The lowest BCUT2D eigenvalue weighted by Crippen LogP contribution is -2.11. The Kier molecular flexibility index (Phi) is 6.61. The van der Waals surface area contributed by atoms with E-state index in [1.807, 2.05) is 24.3 Å². The molecular formula is C21H24N4O3S3. The van der Waals surface area contributed by atoms with Gasteiger partial charge in [0.05, 0.1) is 34.6 Å². The number of methoxy groups -OCH3 is 1. The molecule has 0 bridgehead atoms. The number of imidazole rings is 1. The maximum absolute atomic E-state index is 11.7. The van der Waals surface area contributed by atoms with Crippen molar-refractivity contribution in [2.24, 2.45) is 10.1 Å². The minimum atomic E-state index is -3.75. The van der Waals surface area contributed by atoms with E-state index < -0.39 is 10.0 Å².